The highest BCUT2D eigenvalue weighted by Crippen LogP contribution is 2.08. The Labute approximate surface area is 66.7 Å². The lowest BCUT2D eigenvalue weighted by molar-refractivity contribution is -0.146. The number of aliphatic hydroxyl groups excluding tert-OH is 1. The molecule has 0 heterocycles. The molecule has 0 aromatic heterocycles. The van der Waals surface area contributed by atoms with E-state index >= 15 is 0 Å². The fraction of sp³-hybridized carbons (Fsp3) is 0.625. The molecule has 0 saturated heterocycles. The van der Waals surface area contributed by atoms with Gasteiger partial charge in [-0.25, -0.2) is 0 Å². The number of carbonyl (C=O) groups is 1. The lowest BCUT2D eigenvalue weighted by Crippen LogP contribution is -2.16. The molecule has 1 N–H and O–H groups in total. The van der Waals surface area contributed by atoms with E-state index in [-0.39, 0.29) is 11.7 Å². The molecule has 0 aliphatic heterocycles. The van der Waals surface area contributed by atoms with Gasteiger partial charge in [-0.15, -0.1) is 0 Å². The number of esters is 1. The number of rotatable bonds is 3. The van der Waals surface area contributed by atoms with Crippen molar-refractivity contribution in [2.75, 3.05) is 6.61 Å². The van der Waals surface area contributed by atoms with Crippen molar-refractivity contribution in [1.29, 1.82) is 0 Å². The van der Waals surface area contributed by atoms with Crippen LogP contribution in [0.15, 0.2) is 11.8 Å². The average Bonchev–Trinajstić information content (AvgIpc) is 2.02. The van der Waals surface area contributed by atoms with Crippen LogP contribution in [0.25, 0.3) is 0 Å². The maximum atomic E-state index is 10.9. The van der Waals surface area contributed by atoms with Crippen LogP contribution in [-0.4, -0.2) is 17.7 Å². The van der Waals surface area contributed by atoms with E-state index in [2.05, 4.69) is 4.74 Å². The molecule has 0 rings (SSSR count). The third-order valence-electron chi connectivity index (χ3n) is 1.38. The lowest BCUT2D eigenvalue weighted by atomic mass is 10.1. The van der Waals surface area contributed by atoms with Crippen molar-refractivity contribution in [2.45, 2.75) is 20.8 Å². The van der Waals surface area contributed by atoms with Gasteiger partial charge in [0.25, 0.3) is 0 Å². The lowest BCUT2D eigenvalue weighted by Gasteiger charge is -2.08. The maximum Gasteiger partial charge on any atom is 0.316 e. The highest BCUT2D eigenvalue weighted by molar-refractivity contribution is 5.74. The molecule has 0 radical (unpaired) electrons. The van der Waals surface area contributed by atoms with Crippen molar-refractivity contribution >= 4 is 5.97 Å². The first kappa shape index (κ1) is 10.0. The molecule has 0 saturated carbocycles. The molecule has 0 aromatic rings. The van der Waals surface area contributed by atoms with Crippen LogP contribution < -0.4 is 0 Å². The predicted molar refractivity (Wildman–Crippen MR) is 42.2 cm³/mol. The van der Waals surface area contributed by atoms with Gasteiger partial charge >= 0.3 is 5.97 Å². The monoisotopic (exact) mass is 158 g/mol. The molecule has 0 amide bonds. The minimum Gasteiger partial charge on any atom is -0.512 e. The van der Waals surface area contributed by atoms with Crippen molar-refractivity contribution < 1.29 is 14.6 Å². The highest BCUT2D eigenvalue weighted by Gasteiger charge is 2.16. The largest absolute Gasteiger partial charge is 0.512 e. The van der Waals surface area contributed by atoms with Crippen LogP contribution in [-0.2, 0) is 9.53 Å². The van der Waals surface area contributed by atoms with E-state index in [1.807, 2.05) is 0 Å². The summed E-state index contributed by atoms with van der Waals surface area (Å²) in [6, 6.07) is 0. The fourth-order valence-corrected chi connectivity index (χ4v) is 0.638. The molecule has 64 valence electrons. The summed E-state index contributed by atoms with van der Waals surface area (Å²) < 4.78 is 4.69. The van der Waals surface area contributed by atoms with E-state index in [1.54, 1.807) is 20.8 Å². The van der Waals surface area contributed by atoms with Crippen molar-refractivity contribution in [3.63, 3.8) is 0 Å². The van der Waals surface area contributed by atoms with Crippen molar-refractivity contribution in [1.82, 2.24) is 0 Å². The summed E-state index contributed by atoms with van der Waals surface area (Å²) in [6.45, 7) is 5.36. The van der Waals surface area contributed by atoms with E-state index in [0.717, 1.165) is 0 Å². The number of allylic oxidation sites excluding steroid dienone is 1. The molecule has 0 bridgehead atoms. The Kier molecular flexibility index (Phi) is 4.34. The zero-order valence-electron chi connectivity index (χ0n) is 7.13. The van der Waals surface area contributed by atoms with Crippen LogP contribution >= 0.6 is 0 Å². The van der Waals surface area contributed by atoms with E-state index in [1.165, 1.54) is 6.08 Å². The summed E-state index contributed by atoms with van der Waals surface area (Å²) in [5.74, 6) is -0.869. The Balaban J connectivity index is 4.02. The van der Waals surface area contributed by atoms with Crippen LogP contribution in [0.5, 0.6) is 0 Å². The zero-order valence-corrected chi connectivity index (χ0v) is 7.13. The summed E-state index contributed by atoms with van der Waals surface area (Å²) in [6.07, 6.45) is 1.49. The number of hydrogen-bond donors (Lipinski definition) is 1. The summed E-state index contributed by atoms with van der Waals surface area (Å²) in [7, 11) is 0. The standard InChI is InChI=1S/C8H14O3/c1-4-7(9)6(3)8(10)11-5-2/h4,6,9H,5H2,1-3H3. The third kappa shape index (κ3) is 3.07. The molecule has 11 heavy (non-hydrogen) atoms. The molecule has 0 fully saturated rings. The van der Waals surface area contributed by atoms with Crippen LogP contribution in [0.4, 0.5) is 0 Å². The third-order valence-corrected chi connectivity index (χ3v) is 1.38. The number of hydrogen-bond acceptors (Lipinski definition) is 3. The summed E-state index contributed by atoms with van der Waals surface area (Å²) in [5.41, 5.74) is 0. The van der Waals surface area contributed by atoms with E-state index in [4.69, 9.17) is 5.11 Å². The van der Waals surface area contributed by atoms with Crippen LogP contribution in [0.2, 0.25) is 0 Å². The molecular weight excluding hydrogens is 144 g/mol. The Morgan fingerprint density at radius 2 is 2.27 bits per heavy atom. The second-order valence-corrected chi connectivity index (χ2v) is 2.19. The van der Waals surface area contributed by atoms with Gasteiger partial charge in [-0.2, -0.15) is 0 Å². The number of ether oxygens (including phenoxy) is 1. The highest BCUT2D eigenvalue weighted by atomic mass is 16.5. The first-order valence-corrected chi connectivity index (χ1v) is 3.65. The molecule has 0 aliphatic rings. The molecule has 1 atom stereocenters. The normalized spacial score (nSPS) is 14.3. The topological polar surface area (TPSA) is 46.5 Å². The molecule has 0 spiro atoms. The van der Waals surface area contributed by atoms with Gasteiger partial charge in [-0.05, 0) is 26.8 Å². The van der Waals surface area contributed by atoms with Gasteiger partial charge in [0.05, 0.1) is 6.61 Å². The number of carbonyl (C=O) groups excluding carboxylic acids is 1. The Morgan fingerprint density at radius 1 is 1.73 bits per heavy atom. The Bertz CT molecular complexity index is 161. The molecule has 0 aliphatic carbocycles. The number of aliphatic hydroxyl groups is 1. The average molecular weight is 158 g/mol. The fourth-order valence-electron chi connectivity index (χ4n) is 0.638. The smallest absolute Gasteiger partial charge is 0.316 e. The van der Waals surface area contributed by atoms with Gasteiger partial charge in [0.2, 0.25) is 0 Å². The SMILES string of the molecule is CC=C(O)C(C)C(=O)OCC. The van der Waals surface area contributed by atoms with Crippen molar-refractivity contribution in [2.24, 2.45) is 5.92 Å². The Hall–Kier alpha value is -0.990. The second-order valence-electron chi connectivity index (χ2n) is 2.19. The molecule has 3 heteroatoms. The minimum absolute atomic E-state index is 0.0588. The van der Waals surface area contributed by atoms with E-state index < -0.39 is 5.92 Å². The van der Waals surface area contributed by atoms with Gasteiger partial charge in [0, 0.05) is 0 Å². The van der Waals surface area contributed by atoms with Gasteiger partial charge in [-0.1, -0.05) is 0 Å². The first-order chi connectivity index (χ1) is 5.13. The second kappa shape index (κ2) is 4.77. The van der Waals surface area contributed by atoms with Crippen LogP contribution in [0.1, 0.15) is 20.8 Å². The first-order valence-electron chi connectivity index (χ1n) is 3.65. The van der Waals surface area contributed by atoms with Gasteiger partial charge in [0.1, 0.15) is 11.7 Å². The molecular formula is C8H14O3. The van der Waals surface area contributed by atoms with Crippen molar-refractivity contribution in [3.8, 4) is 0 Å². The molecule has 0 aromatic carbocycles. The maximum absolute atomic E-state index is 10.9. The van der Waals surface area contributed by atoms with Crippen LogP contribution in [0, 0.1) is 5.92 Å². The Morgan fingerprint density at radius 3 is 2.64 bits per heavy atom. The summed E-state index contributed by atoms with van der Waals surface area (Å²) >= 11 is 0. The van der Waals surface area contributed by atoms with E-state index in [0.29, 0.717) is 6.61 Å². The quantitative estimate of drug-likeness (QED) is 0.501. The van der Waals surface area contributed by atoms with Gasteiger partial charge in [0.15, 0.2) is 0 Å². The summed E-state index contributed by atoms with van der Waals surface area (Å²) in [5, 5.41) is 9.08. The minimum atomic E-state index is -0.542. The van der Waals surface area contributed by atoms with Crippen molar-refractivity contribution in [3.05, 3.63) is 11.8 Å². The van der Waals surface area contributed by atoms with Gasteiger partial charge < -0.3 is 9.84 Å². The van der Waals surface area contributed by atoms with Crippen LogP contribution in [0.3, 0.4) is 0 Å². The predicted octanol–water partition coefficient (Wildman–Crippen LogP) is 1.65. The zero-order chi connectivity index (χ0) is 8.85. The van der Waals surface area contributed by atoms with Gasteiger partial charge in [-0.3, -0.25) is 4.79 Å². The summed E-state index contributed by atoms with van der Waals surface area (Å²) in [4.78, 5) is 10.9. The molecule has 1 unspecified atom stereocenters. The van der Waals surface area contributed by atoms with E-state index in [9.17, 15) is 4.79 Å². The molecule has 3 nitrogen and oxygen atoms in total.